The van der Waals surface area contributed by atoms with Crippen molar-refractivity contribution in [3.05, 3.63) is 65.5 Å². The molecule has 9 nitrogen and oxygen atoms in total. The summed E-state index contributed by atoms with van der Waals surface area (Å²) in [7, 11) is 1.89. The fraction of sp³-hybridized carbons (Fsp3) is 0.320. The Morgan fingerprint density at radius 1 is 1.15 bits per heavy atom. The molecule has 1 saturated heterocycles. The Kier molecular flexibility index (Phi) is 7.56. The molecule has 3 aromatic rings. The van der Waals surface area contributed by atoms with E-state index in [9.17, 15) is 0 Å². The summed E-state index contributed by atoms with van der Waals surface area (Å²) >= 11 is 0. The summed E-state index contributed by atoms with van der Waals surface area (Å²) in [6.45, 7) is 6.94. The van der Waals surface area contributed by atoms with Gasteiger partial charge in [-0.1, -0.05) is 0 Å². The third kappa shape index (κ3) is 5.62. The van der Waals surface area contributed by atoms with Gasteiger partial charge in [0.05, 0.1) is 24.5 Å². The largest absolute Gasteiger partial charge is 0.492 e. The van der Waals surface area contributed by atoms with Gasteiger partial charge in [-0.25, -0.2) is 9.97 Å². The molecule has 0 amide bonds. The predicted molar refractivity (Wildman–Crippen MR) is 136 cm³/mol. The third-order valence-electron chi connectivity index (χ3n) is 5.81. The minimum absolute atomic E-state index is 0.240. The highest BCUT2D eigenvalue weighted by Gasteiger charge is 2.17. The molecule has 4 rings (SSSR count). The number of ether oxygens (including phenoxy) is 2. The molecule has 0 aliphatic carbocycles. The third-order valence-corrected chi connectivity index (χ3v) is 5.81. The van der Waals surface area contributed by atoms with Crippen molar-refractivity contribution in [1.82, 2.24) is 14.9 Å². The van der Waals surface area contributed by atoms with Crippen LogP contribution < -0.4 is 21.1 Å². The molecule has 0 spiro atoms. The normalized spacial score (nSPS) is 13.9. The molecular weight excluding hydrogens is 430 g/mol. The van der Waals surface area contributed by atoms with E-state index in [4.69, 9.17) is 20.6 Å². The van der Waals surface area contributed by atoms with E-state index in [2.05, 4.69) is 25.5 Å². The summed E-state index contributed by atoms with van der Waals surface area (Å²) in [6, 6.07) is 13.4. The van der Waals surface area contributed by atoms with Gasteiger partial charge in [0.15, 0.2) is 0 Å². The lowest BCUT2D eigenvalue weighted by Gasteiger charge is -2.26. The van der Waals surface area contributed by atoms with Gasteiger partial charge >= 0.3 is 0 Å². The molecular formula is C25H31N7O2. The average Bonchev–Trinajstić information content (AvgIpc) is 2.85. The number of aromatic nitrogens is 2. The lowest BCUT2D eigenvalue weighted by atomic mass is 10.0. The van der Waals surface area contributed by atoms with E-state index in [1.807, 2.05) is 56.4 Å². The predicted octanol–water partition coefficient (Wildman–Crippen LogP) is 3.28. The number of nitrogen functional groups attached to an aromatic ring is 1. The first kappa shape index (κ1) is 23.5. The van der Waals surface area contributed by atoms with Crippen molar-refractivity contribution >= 4 is 28.7 Å². The number of nitrogens with two attached hydrogens (primary N) is 1. The topological polar surface area (TPSA) is 121 Å². The van der Waals surface area contributed by atoms with Gasteiger partial charge in [-0.15, -0.1) is 0 Å². The molecule has 2 aromatic carbocycles. The summed E-state index contributed by atoms with van der Waals surface area (Å²) in [5.74, 6) is 1.50. The van der Waals surface area contributed by atoms with Crippen LogP contribution in [0.4, 0.5) is 23.0 Å². The van der Waals surface area contributed by atoms with E-state index in [-0.39, 0.29) is 11.5 Å². The highest BCUT2D eigenvalue weighted by atomic mass is 16.5. The quantitative estimate of drug-likeness (QED) is 0.358. The molecule has 34 heavy (non-hydrogen) atoms. The van der Waals surface area contributed by atoms with Gasteiger partial charge in [0.1, 0.15) is 30.3 Å². The Morgan fingerprint density at radius 2 is 1.91 bits per heavy atom. The van der Waals surface area contributed by atoms with Crippen LogP contribution in [0.2, 0.25) is 0 Å². The Morgan fingerprint density at radius 3 is 2.62 bits per heavy atom. The first-order valence-electron chi connectivity index (χ1n) is 11.3. The first-order valence-corrected chi connectivity index (χ1v) is 11.3. The fourth-order valence-corrected chi connectivity index (χ4v) is 3.88. The van der Waals surface area contributed by atoms with Crippen LogP contribution in [0.1, 0.15) is 16.7 Å². The van der Waals surface area contributed by atoms with Crippen LogP contribution in [0, 0.1) is 12.3 Å². The van der Waals surface area contributed by atoms with Crippen molar-refractivity contribution in [1.29, 1.82) is 5.41 Å². The summed E-state index contributed by atoms with van der Waals surface area (Å²) in [6.07, 6.45) is 1.40. The van der Waals surface area contributed by atoms with Crippen molar-refractivity contribution in [2.75, 3.05) is 62.9 Å². The Balaban J connectivity index is 1.45. The van der Waals surface area contributed by atoms with Crippen LogP contribution in [0.25, 0.3) is 0 Å². The number of rotatable bonds is 9. The Hall–Kier alpha value is -3.69. The molecule has 1 aliphatic heterocycles. The second kappa shape index (κ2) is 11.0. The summed E-state index contributed by atoms with van der Waals surface area (Å²) in [4.78, 5) is 10.8. The molecule has 5 N–H and O–H groups in total. The summed E-state index contributed by atoms with van der Waals surface area (Å²) in [5, 5.41) is 15.2. The summed E-state index contributed by atoms with van der Waals surface area (Å²) < 4.78 is 11.3. The van der Waals surface area contributed by atoms with Crippen molar-refractivity contribution in [3.8, 4) is 5.75 Å². The fourth-order valence-electron chi connectivity index (χ4n) is 3.88. The number of benzene rings is 2. The minimum Gasteiger partial charge on any atom is -0.492 e. The van der Waals surface area contributed by atoms with E-state index < -0.39 is 0 Å². The molecule has 2 heterocycles. The van der Waals surface area contributed by atoms with Crippen LogP contribution in [-0.2, 0) is 4.74 Å². The second-order valence-corrected chi connectivity index (χ2v) is 8.09. The molecule has 0 radical (unpaired) electrons. The van der Waals surface area contributed by atoms with Crippen LogP contribution in [-0.4, -0.2) is 67.1 Å². The van der Waals surface area contributed by atoms with Gasteiger partial charge in [0.2, 0.25) is 0 Å². The molecule has 9 heteroatoms. The highest BCUT2D eigenvalue weighted by Crippen LogP contribution is 2.27. The maximum atomic E-state index is 8.80. The SMILES string of the molecule is CNc1ccc(Nc2ncnc(N)c2C(=N)c2ccc(OCCN3CCOCC3)cc2)cc1C. The van der Waals surface area contributed by atoms with Gasteiger partial charge in [-0.3, -0.25) is 10.3 Å². The maximum Gasteiger partial charge on any atom is 0.145 e. The molecule has 0 unspecified atom stereocenters. The summed E-state index contributed by atoms with van der Waals surface area (Å²) in [5.41, 5.74) is 10.6. The second-order valence-electron chi connectivity index (χ2n) is 8.09. The Labute approximate surface area is 199 Å². The zero-order valence-corrected chi connectivity index (χ0v) is 19.6. The van der Waals surface area contributed by atoms with Gasteiger partial charge in [0, 0.05) is 43.6 Å². The zero-order valence-electron chi connectivity index (χ0n) is 19.6. The highest BCUT2D eigenvalue weighted by molar-refractivity contribution is 6.16. The van der Waals surface area contributed by atoms with E-state index in [1.165, 1.54) is 6.33 Å². The van der Waals surface area contributed by atoms with Crippen molar-refractivity contribution in [3.63, 3.8) is 0 Å². The van der Waals surface area contributed by atoms with Gasteiger partial charge in [-0.2, -0.15) is 0 Å². The van der Waals surface area contributed by atoms with E-state index >= 15 is 0 Å². The molecule has 1 fully saturated rings. The van der Waals surface area contributed by atoms with E-state index in [0.29, 0.717) is 23.6 Å². The first-order chi connectivity index (χ1) is 16.5. The molecule has 0 atom stereocenters. The van der Waals surface area contributed by atoms with Crippen molar-refractivity contribution in [2.45, 2.75) is 6.92 Å². The standard InChI is InChI=1S/C25H31N7O2/c1-17-15-19(5-8-21(17)28-2)31-25-22(24(27)29-16-30-25)23(26)18-3-6-20(7-4-18)34-14-11-32-9-12-33-13-10-32/h3-8,15-16,26,28H,9-14H2,1-2H3,(H3,27,29,30,31). The smallest absolute Gasteiger partial charge is 0.145 e. The average molecular weight is 462 g/mol. The number of aryl methyl sites for hydroxylation is 1. The van der Waals surface area contributed by atoms with Crippen LogP contribution in [0.15, 0.2) is 48.8 Å². The maximum absolute atomic E-state index is 8.80. The van der Waals surface area contributed by atoms with Crippen LogP contribution >= 0.6 is 0 Å². The van der Waals surface area contributed by atoms with Crippen LogP contribution in [0.5, 0.6) is 5.75 Å². The molecule has 0 bridgehead atoms. The van der Waals surface area contributed by atoms with Crippen molar-refractivity contribution in [2.24, 2.45) is 0 Å². The van der Waals surface area contributed by atoms with E-state index in [1.54, 1.807) is 0 Å². The minimum atomic E-state index is 0.240. The molecule has 178 valence electrons. The van der Waals surface area contributed by atoms with Gasteiger partial charge in [0.25, 0.3) is 0 Å². The van der Waals surface area contributed by atoms with E-state index in [0.717, 1.165) is 55.5 Å². The number of morpholine rings is 1. The zero-order chi connectivity index (χ0) is 23.9. The number of hydrogen-bond donors (Lipinski definition) is 4. The van der Waals surface area contributed by atoms with Crippen molar-refractivity contribution < 1.29 is 9.47 Å². The number of nitrogens with one attached hydrogen (secondary N) is 3. The molecule has 1 aliphatic rings. The molecule has 0 saturated carbocycles. The van der Waals surface area contributed by atoms with Gasteiger partial charge < -0.3 is 25.8 Å². The lowest BCUT2D eigenvalue weighted by Crippen LogP contribution is -2.38. The number of anilines is 4. The Bertz CT molecular complexity index is 1130. The van der Waals surface area contributed by atoms with Crippen LogP contribution in [0.3, 0.4) is 0 Å². The van der Waals surface area contributed by atoms with Gasteiger partial charge in [-0.05, 0) is 55.0 Å². The number of hydrogen-bond acceptors (Lipinski definition) is 9. The monoisotopic (exact) mass is 461 g/mol. The number of nitrogens with zero attached hydrogens (tertiary/aromatic N) is 3. The molecule has 1 aromatic heterocycles. The lowest BCUT2D eigenvalue weighted by molar-refractivity contribution is 0.0322.